The summed E-state index contributed by atoms with van der Waals surface area (Å²) < 4.78 is 0. The summed E-state index contributed by atoms with van der Waals surface area (Å²) in [5.41, 5.74) is 0.535. The van der Waals surface area contributed by atoms with Crippen molar-refractivity contribution in [3.63, 3.8) is 0 Å². The lowest BCUT2D eigenvalue weighted by atomic mass is 10.3. The molecule has 14 heavy (non-hydrogen) atoms. The maximum Gasteiger partial charge on any atom is 0.287 e. The fraction of sp³-hybridized carbons (Fsp3) is 0.222. The number of rotatable bonds is 2. The zero-order valence-electron chi connectivity index (χ0n) is 7.24. The molecule has 0 atom stereocenters. The van der Waals surface area contributed by atoms with Gasteiger partial charge in [0.1, 0.15) is 11.9 Å². The van der Waals surface area contributed by atoms with Gasteiger partial charge in [0, 0.05) is 17.8 Å². The largest absolute Gasteiger partial charge is 0.287 e. The molecule has 1 rings (SSSR count). The van der Waals surface area contributed by atoms with E-state index >= 15 is 0 Å². The Labute approximate surface area is 89.6 Å². The Balaban J connectivity index is 2.75. The normalized spacial score (nSPS) is 8.93. The van der Waals surface area contributed by atoms with Gasteiger partial charge in [-0.2, -0.15) is 0 Å². The second kappa shape index (κ2) is 5.35. The average molecular weight is 255 g/mol. The molecule has 1 heterocycles. The van der Waals surface area contributed by atoms with E-state index in [4.69, 9.17) is 0 Å². The number of hydrogen-bond acceptors (Lipinski definition) is 3. The highest BCUT2D eigenvalue weighted by Gasteiger charge is 2.03. The number of nitrogens with zero attached hydrogens (tertiary/aromatic N) is 2. The Morgan fingerprint density at radius 3 is 2.86 bits per heavy atom. The van der Waals surface area contributed by atoms with E-state index in [1.165, 1.54) is 12.3 Å². The maximum absolute atomic E-state index is 10.3. The summed E-state index contributed by atoms with van der Waals surface area (Å²) >= 11 is 3.24. The zero-order chi connectivity index (χ0) is 10.4. The van der Waals surface area contributed by atoms with E-state index in [2.05, 4.69) is 32.8 Å². The molecule has 0 saturated heterocycles. The lowest BCUT2D eigenvalue weighted by Gasteiger charge is -1.89. The molecule has 1 aromatic heterocycles. The Morgan fingerprint density at radius 2 is 2.36 bits per heavy atom. The smallest absolute Gasteiger partial charge is 0.258 e. The number of halogens is 1. The van der Waals surface area contributed by atoms with Crippen LogP contribution in [0.3, 0.4) is 0 Å². The quantitative estimate of drug-likeness (QED) is 0.352. The first kappa shape index (κ1) is 10.7. The summed E-state index contributed by atoms with van der Waals surface area (Å²) in [4.78, 5) is 13.7. The molecule has 0 spiro atoms. The van der Waals surface area contributed by atoms with Crippen molar-refractivity contribution in [3.8, 4) is 11.8 Å². The van der Waals surface area contributed by atoms with Gasteiger partial charge in [-0.15, -0.1) is 0 Å². The van der Waals surface area contributed by atoms with E-state index in [0.29, 0.717) is 5.69 Å². The molecule has 1 aromatic rings. The monoisotopic (exact) mass is 254 g/mol. The number of pyridine rings is 1. The maximum atomic E-state index is 10.3. The topological polar surface area (TPSA) is 56.0 Å². The molecule has 0 aromatic carbocycles. The Kier molecular flexibility index (Phi) is 4.08. The van der Waals surface area contributed by atoms with Gasteiger partial charge in [0.2, 0.25) is 0 Å². The van der Waals surface area contributed by atoms with Gasteiger partial charge in [0.25, 0.3) is 5.69 Å². The van der Waals surface area contributed by atoms with E-state index in [1.54, 1.807) is 6.07 Å². The van der Waals surface area contributed by atoms with Crippen molar-refractivity contribution in [3.05, 3.63) is 34.1 Å². The molecule has 0 fully saturated rings. The van der Waals surface area contributed by atoms with Crippen LogP contribution in [0.15, 0.2) is 18.3 Å². The summed E-state index contributed by atoms with van der Waals surface area (Å²) in [5, 5.41) is 11.1. The second-order valence-corrected chi connectivity index (χ2v) is 3.19. The minimum absolute atomic E-state index is 0.0176. The van der Waals surface area contributed by atoms with E-state index in [0.717, 1.165) is 11.8 Å². The van der Waals surface area contributed by atoms with E-state index in [-0.39, 0.29) is 5.69 Å². The molecule has 0 radical (unpaired) electrons. The number of alkyl halides is 1. The van der Waals surface area contributed by atoms with E-state index < -0.39 is 4.92 Å². The zero-order valence-corrected chi connectivity index (χ0v) is 8.82. The van der Waals surface area contributed by atoms with Gasteiger partial charge in [-0.3, -0.25) is 10.1 Å². The highest BCUT2D eigenvalue weighted by molar-refractivity contribution is 9.09. The second-order valence-electron chi connectivity index (χ2n) is 2.40. The minimum atomic E-state index is -0.483. The third-order valence-corrected chi connectivity index (χ3v) is 1.79. The van der Waals surface area contributed by atoms with Crippen molar-refractivity contribution in [1.82, 2.24) is 4.98 Å². The minimum Gasteiger partial charge on any atom is -0.258 e. The van der Waals surface area contributed by atoms with Crippen LogP contribution in [0.4, 0.5) is 5.69 Å². The highest BCUT2D eigenvalue weighted by Crippen LogP contribution is 2.07. The first-order valence-corrected chi connectivity index (χ1v) is 5.01. The first-order chi connectivity index (χ1) is 6.74. The Morgan fingerprint density at radius 1 is 1.57 bits per heavy atom. The van der Waals surface area contributed by atoms with Crippen molar-refractivity contribution in [1.29, 1.82) is 0 Å². The summed E-state index contributed by atoms with van der Waals surface area (Å²) in [5.74, 6) is 5.67. The summed E-state index contributed by atoms with van der Waals surface area (Å²) in [7, 11) is 0. The molecule has 0 N–H and O–H groups in total. The third kappa shape index (κ3) is 3.15. The Hall–Kier alpha value is -1.41. The molecular formula is C9H7BrN2O2. The molecule has 0 unspecified atom stereocenters. The van der Waals surface area contributed by atoms with E-state index in [9.17, 15) is 10.1 Å². The average Bonchev–Trinajstić information content (AvgIpc) is 2.19. The van der Waals surface area contributed by atoms with Crippen LogP contribution in [0.1, 0.15) is 12.1 Å². The van der Waals surface area contributed by atoms with Gasteiger partial charge in [0.05, 0.1) is 4.92 Å². The predicted molar refractivity (Wildman–Crippen MR) is 56.2 cm³/mol. The molecule has 0 bridgehead atoms. The fourth-order valence-corrected chi connectivity index (χ4v) is 0.967. The van der Waals surface area contributed by atoms with Gasteiger partial charge in [0.15, 0.2) is 0 Å². The number of hydrogen-bond donors (Lipinski definition) is 0. The highest BCUT2D eigenvalue weighted by atomic mass is 79.9. The van der Waals surface area contributed by atoms with Crippen LogP contribution >= 0.6 is 15.9 Å². The van der Waals surface area contributed by atoms with Gasteiger partial charge >= 0.3 is 0 Å². The third-order valence-electron chi connectivity index (χ3n) is 1.39. The van der Waals surface area contributed by atoms with Crippen LogP contribution in [0.2, 0.25) is 0 Å². The van der Waals surface area contributed by atoms with Crippen LogP contribution in [-0.4, -0.2) is 15.2 Å². The molecule has 72 valence electrons. The standard InChI is InChI=1S/C9H7BrN2O2/c10-6-2-1-3-8-4-5-9(7-11-8)12(13)14/h4-5,7H,2,6H2. The van der Waals surface area contributed by atoms with Crippen molar-refractivity contribution < 1.29 is 4.92 Å². The van der Waals surface area contributed by atoms with Crippen LogP contribution in [0.5, 0.6) is 0 Å². The number of nitro groups is 1. The first-order valence-electron chi connectivity index (χ1n) is 3.89. The lowest BCUT2D eigenvalue weighted by molar-refractivity contribution is -0.385. The molecule has 0 saturated carbocycles. The van der Waals surface area contributed by atoms with Gasteiger partial charge in [-0.05, 0) is 12.0 Å². The van der Waals surface area contributed by atoms with Crippen LogP contribution < -0.4 is 0 Å². The molecule has 0 aliphatic rings. The van der Waals surface area contributed by atoms with Crippen LogP contribution in [0.25, 0.3) is 0 Å². The summed E-state index contributed by atoms with van der Waals surface area (Å²) in [6, 6.07) is 2.94. The van der Waals surface area contributed by atoms with Crippen molar-refractivity contribution in [2.75, 3.05) is 5.33 Å². The van der Waals surface area contributed by atoms with Crippen LogP contribution in [0, 0.1) is 22.0 Å². The lowest BCUT2D eigenvalue weighted by Crippen LogP contribution is -1.89. The SMILES string of the molecule is O=[N+]([O-])c1ccc(C#CCCBr)nc1. The Bertz CT molecular complexity index is 378. The predicted octanol–water partition coefficient (Wildman–Crippen LogP) is 2.13. The molecule has 4 nitrogen and oxygen atoms in total. The van der Waals surface area contributed by atoms with Crippen molar-refractivity contribution in [2.45, 2.75) is 6.42 Å². The van der Waals surface area contributed by atoms with Gasteiger partial charge < -0.3 is 0 Å². The number of aromatic nitrogens is 1. The molecule has 0 aliphatic heterocycles. The fourth-order valence-electron chi connectivity index (χ4n) is 0.768. The van der Waals surface area contributed by atoms with Gasteiger partial charge in [-0.25, -0.2) is 4.98 Å². The van der Waals surface area contributed by atoms with Crippen molar-refractivity contribution >= 4 is 21.6 Å². The summed E-state index contributed by atoms with van der Waals surface area (Å²) in [6.45, 7) is 0. The molecule has 0 aliphatic carbocycles. The molecular weight excluding hydrogens is 248 g/mol. The molecule has 5 heteroatoms. The molecule has 0 amide bonds. The van der Waals surface area contributed by atoms with Gasteiger partial charge in [-0.1, -0.05) is 21.9 Å². The van der Waals surface area contributed by atoms with Crippen LogP contribution in [-0.2, 0) is 0 Å². The van der Waals surface area contributed by atoms with E-state index in [1.807, 2.05) is 0 Å². The summed E-state index contributed by atoms with van der Waals surface area (Å²) in [6.07, 6.45) is 1.94. The van der Waals surface area contributed by atoms with Crippen molar-refractivity contribution in [2.24, 2.45) is 0 Å².